The maximum Gasteiger partial charge on any atom is 0.393 e. The average Bonchev–Trinajstić information content (AvgIpc) is 3.12. The number of rotatable bonds is 14. The Morgan fingerprint density at radius 3 is 1.47 bits per heavy atom. The summed E-state index contributed by atoms with van der Waals surface area (Å²) in [5.41, 5.74) is 11.4. The van der Waals surface area contributed by atoms with Gasteiger partial charge in [0.15, 0.2) is 18.4 Å². The van der Waals surface area contributed by atoms with Crippen molar-refractivity contribution < 1.29 is 95.3 Å². The predicted octanol–water partition coefficient (Wildman–Crippen LogP) is -0.282. The zero-order valence-corrected chi connectivity index (χ0v) is 30.7. The Morgan fingerprint density at radius 1 is 0.754 bits per heavy atom. The molecule has 0 radical (unpaired) electrons. The summed E-state index contributed by atoms with van der Waals surface area (Å²) in [5.74, 6) is -11.2. The van der Waals surface area contributed by atoms with Crippen molar-refractivity contribution in [2.75, 3.05) is 20.8 Å². The van der Waals surface area contributed by atoms with Crippen molar-refractivity contribution in [3.63, 3.8) is 0 Å². The highest BCUT2D eigenvalue weighted by Crippen LogP contribution is 2.42. The van der Waals surface area contributed by atoms with E-state index >= 15 is 4.39 Å². The number of ketones is 2. The molecule has 0 aromatic carbocycles. The van der Waals surface area contributed by atoms with Gasteiger partial charge in [-0.15, -0.1) is 0 Å². The molecule has 2 fully saturated rings. The van der Waals surface area contributed by atoms with Crippen LogP contribution in [0.25, 0.3) is 0 Å². The zero-order valence-electron chi connectivity index (χ0n) is 30.7. The molecule has 19 nitrogen and oxygen atoms in total. The van der Waals surface area contributed by atoms with Crippen molar-refractivity contribution in [1.29, 1.82) is 0 Å². The molecule has 2 aliphatic heterocycles. The highest BCUT2D eigenvalue weighted by molar-refractivity contribution is 5.80. The van der Waals surface area contributed by atoms with Gasteiger partial charge in [0, 0.05) is 57.7 Å². The van der Waals surface area contributed by atoms with E-state index < -0.39 is 133 Å². The largest absolute Gasteiger partial charge is 0.465 e. The van der Waals surface area contributed by atoms with Crippen molar-refractivity contribution in [2.45, 2.75) is 149 Å². The molecule has 4 unspecified atom stereocenters. The average molecular weight is 846 g/mol. The minimum Gasteiger partial charge on any atom is -0.465 e. The Hall–Kier alpha value is -3.42. The molecule has 0 saturated carbocycles. The SMILES string of the molecule is C.C.C.CC(=O)C[C@H]1C([C@H](O)[C@H](O)CO)O[C@@](F)(C(=O)ON)C(F)[C@H]1N.CC[C@@H](OC(C)=O)[C@@H](OC(C)=O)C1O[C@@](F)(C(=O)OC)C(F)[C@@H](N)[C@H]1CC(C)=O.CO. The van der Waals surface area contributed by atoms with E-state index in [0.29, 0.717) is 0 Å². The van der Waals surface area contributed by atoms with Gasteiger partial charge >= 0.3 is 35.6 Å². The lowest BCUT2D eigenvalue weighted by Gasteiger charge is -2.47. The van der Waals surface area contributed by atoms with Crippen LogP contribution in [0.15, 0.2) is 0 Å². The number of nitrogens with two attached hydrogens (primary N) is 3. The van der Waals surface area contributed by atoms with Gasteiger partial charge in [-0.1, -0.05) is 29.2 Å². The fraction of sp³-hybridized carbons (Fsp3) is 0.824. The van der Waals surface area contributed by atoms with Crippen LogP contribution >= 0.6 is 0 Å². The van der Waals surface area contributed by atoms with Crippen molar-refractivity contribution in [3.05, 3.63) is 0 Å². The molecule has 0 aromatic heterocycles. The Kier molecular flexibility index (Phi) is 28.1. The normalized spacial score (nSPS) is 31.0. The molecular formula is C34H63F4N3O16. The predicted molar refractivity (Wildman–Crippen MR) is 192 cm³/mol. The smallest absolute Gasteiger partial charge is 0.393 e. The maximum absolute atomic E-state index is 15.2. The lowest BCUT2D eigenvalue weighted by atomic mass is 9.78. The summed E-state index contributed by atoms with van der Waals surface area (Å²) in [6.45, 7) is 5.18. The van der Waals surface area contributed by atoms with Crippen LogP contribution in [-0.4, -0.2) is 149 Å². The monoisotopic (exact) mass is 845 g/mol. The number of halogens is 4. The highest BCUT2D eigenvalue weighted by Gasteiger charge is 2.64. The number of Topliss-reactive ketones (excluding diaryl/α,β-unsaturated/α-hetero) is 2. The van der Waals surface area contributed by atoms with Crippen molar-refractivity contribution in [2.24, 2.45) is 29.2 Å². The molecule has 14 atom stereocenters. The summed E-state index contributed by atoms with van der Waals surface area (Å²) < 4.78 is 83.1. The Bertz CT molecular complexity index is 1290. The number of carbonyl (C=O) groups is 6. The molecule has 338 valence electrons. The van der Waals surface area contributed by atoms with E-state index in [1.807, 2.05) is 0 Å². The number of esters is 3. The topological polar surface area (TPSA) is 317 Å². The number of alkyl halides is 4. The maximum atomic E-state index is 15.2. The zero-order chi connectivity index (χ0) is 42.5. The number of aliphatic hydroxyl groups excluding tert-OH is 4. The van der Waals surface area contributed by atoms with Crippen LogP contribution in [0.3, 0.4) is 0 Å². The summed E-state index contributed by atoms with van der Waals surface area (Å²) >= 11 is 0. The first-order valence-corrected chi connectivity index (χ1v) is 16.3. The Morgan fingerprint density at radius 2 is 1.14 bits per heavy atom. The first-order chi connectivity index (χ1) is 25.0. The quantitative estimate of drug-likeness (QED) is 0.0512. The standard InChI is InChI=1S/C18H27F2NO8.C12H20F2N2O7.CH4O.3CH4/c1-6-12(27-9(3)23)15(28-10(4)24)14-11(7-8(2)22)13(21)16(19)18(20,29-14)17(25)26-5;1-4(18)2-5-7(15)10(13)12(14,11(21)23-16)22-9(5)8(20)6(19)3-17;1-2;;;/h11-16H,6-7,21H2,1-5H3;5-10,17,19-20H,2-3,15-16H2,1H3;2H,1H3;3*1H4/t11-,12-,13+,14?,15-,16?,18-;5-,6-,7+,8-,9?,10?,12-;;;;/m11..../s1. The van der Waals surface area contributed by atoms with Crippen LogP contribution < -0.4 is 17.4 Å². The molecule has 0 amide bonds. The van der Waals surface area contributed by atoms with E-state index in [-0.39, 0.29) is 35.1 Å². The third-order valence-corrected chi connectivity index (χ3v) is 8.36. The second kappa shape index (κ2) is 26.6. The van der Waals surface area contributed by atoms with E-state index in [1.54, 1.807) is 6.92 Å². The molecule has 0 aliphatic carbocycles. The first-order valence-electron chi connectivity index (χ1n) is 16.3. The molecular weight excluding hydrogens is 782 g/mol. The summed E-state index contributed by atoms with van der Waals surface area (Å²) in [5, 5.41) is 35.3. The van der Waals surface area contributed by atoms with E-state index in [1.165, 1.54) is 6.92 Å². The molecule has 2 saturated heterocycles. The van der Waals surface area contributed by atoms with Crippen LogP contribution in [0.1, 0.15) is 76.2 Å². The van der Waals surface area contributed by atoms with Crippen LogP contribution in [0.2, 0.25) is 0 Å². The molecule has 0 spiro atoms. The van der Waals surface area contributed by atoms with Gasteiger partial charge in [0.25, 0.3) is 0 Å². The molecule has 10 N–H and O–H groups in total. The van der Waals surface area contributed by atoms with E-state index in [4.69, 9.17) is 35.9 Å². The van der Waals surface area contributed by atoms with Gasteiger partial charge in [-0.2, -0.15) is 14.7 Å². The number of hydrogen-bond donors (Lipinski definition) is 7. The molecule has 2 rings (SSSR count). The summed E-state index contributed by atoms with van der Waals surface area (Å²) in [4.78, 5) is 73.0. The lowest BCUT2D eigenvalue weighted by molar-refractivity contribution is -0.287. The number of ether oxygens (including phenoxy) is 5. The van der Waals surface area contributed by atoms with E-state index in [0.717, 1.165) is 35.0 Å². The first kappa shape index (κ1) is 60.3. The van der Waals surface area contributed by atoms with Gasteiger partial charge in [0.1, 0.15) is 36.0 Å². The highest BCUT2D eigenvalue weighted by atomic mass is 19.2. The molecule has 0 aromatic rings. The number of carbonyl (C=O) groups excluding carboxylic acids is 6. The number of aliphatic hydroxyl groups is 4. The van der Waals surface area contributed by atoms with Crippen LogP contribution in [0.4, 0.5) is 17.6 Å². The molecule has 2 heterocycles. The third kappa shape index (κ3) is 15.0. The van der Waals surface area contributed by atoms with Gasteiger partial charge in [0.05, 0.1) is 19.8 Å². The molecule has 2 aliphatic rings. The van der Waals surface area contributed by atoms with Crippen molar-refractivity contribution in [3.8, 4) is 0 Å². The van der Waals surface area contributed by atoms with Gasteiger partial charge in [-0.25, -0.2) is 18.4 Å². The summed E-state index contributed by atoms with van der Waals surface area (Å²) in [7, 11) is 1.83. The summed E-state index contributed by atoms with van der Waals surface area (Å²) in [6.07, 6.45) is -15.7. The Balaban J connectivity index is -0.000000459. The Labute approximate surface area is 329 Å². The lowest BCUT2D eigenvalue weighted by Crippen LogP contribution is -2.68. The fourth-order valence-corrected chi connectivity index (χ4v) is 5.88. The third-order valence-electron chi connectivity index (χ3n) is 8.36. The van der Waals surface area contributed by atoms with Crippen molar-refractivity contribution >= 4 is 35.4 Å². The second-order valence-electron chi connectivity index (χ2n) is 12.3. The minimum absolute atomic E-state index is 0. The van der Waals surface area contributed by atoms with Crippen LogP contribution in [0, 0.1) is 11.8 Å². The number of methoxy groups -OCH3 is 1. The van der Waals surface area contributed by atoms with Crippen molar-refractivity contribution in [1.82, 2.24) is 0 Å². The second-order valence-corrected chi connectivity index (χ2v) is 12.3. The van der Waals surface area contributed by atoms with Gasteiger partial charge < -0.3 is 70.0 Å². The fourth-order valence-electron chi connectivity index (χ4n) is 5.88. The van der Waals surface area contributed by atoms with E-state index in [2.05, 4.69) is 20.2 Å². The van der Waals surface area contributed by atoms with Crippen LogP contribution in [-0.2, 0) is 57.3 Å². The minimum atomic E-state index is -3.72. The van der Waals surface area contributed by atoms with Gasteiger partial charge in [-0.05, 0) is 20.3 Å². The molecule has 23 heteroatoms. The number of hydrogen-bond acceptors (Lipinski definition) is 19. The summed E-state index contributed by atoms with van der Waals surface area (Å²) in [6, 6.07) is -3.41. The van der Waals surface area contributed by atoms with Gasteiger partial charge in [-0.3, -0.25) is 9.59 Å². The van der Waals surface area contributed by atoms with Gasteiger partial charge in [0.2, 0.25) is 0 Å². The van der Waals surface area contributed by atoms with Crippen LogP contribution in [0.5, 0.6) is 0 Å². The molecule has 0 bridgehead atoms. The molecule has 57 heavy (non-hydrogen) atoms. The van der Waals surface area contributed by atoms with E-state index in [9.17, 15) is 52.2 Å².